The van der Waals surface area contributed by atoms with Gasteiger partial charge in [-0.3, -0.25) is 4.79 Å². The predicted molar refractivity (Wildman–Crippen MR) is 114 cm³/mol. The summed E-state index contributed by atoms with van der Waals surface area (Å²) < 4.78 is 11.1. The minimum atomic E-state index is -0.168. The Morgan fingerprint density at radius 1 is 1.14 bits per heavy atom. The average molecular weight is 391 g/mol. The number of fused-ring (bicyclic) bond motifs is 1. The molecule has 0 saturated carbocycles. The van der Waals surface area contributed by atoms with E-state index in [-0.39, 0.29) is 12.5 Å². The van der Waals surface area contributed by atoms with Crippen molar-refractivity contribution in [2.45, 2.75) is 20.4 Å². The fourth-order valence-electron chi connectivity index (χ4n) is 3.02. The van der Waals surface area contributed by atoms with Crippen molar-refractivity contribution in [3.05, 3.63) is 65.6 Å². The molecule has 1 amide bonds. The van der Waals surface area contributed by atoms with E-state index in [1.165, 1.54) is 0 Å². The Morgan fingerprint density at radius 3 is 2.69 bits per heavy atom. The van der Waals surface area contributed by atoms with Gasteiger partial charge in [0.25, 0.3) is 5.91 Å². The van der Waals surface area contributed by atoms with Crippen molar-refractivity contribution in [1.82, 2.24) is 14.9 Å². The lowest BCUT2D eigenvalue weighted by molar-refractivity contribution is -0.132. The van der Waals surface area contributed by atoms with Gasteiger partial charge in [0.15, 0.2) is 18.1 Å². The summed E-state index contributed by atoms with van der Waals surface area (Å²) in [6.07, 6.45) is 3.92. The number of aryl methyl sites for hydroxylation is 1. The first kappa shape index (κ1) is 20.3. The molecule has 0 fully saturated rings. The molecule has 0 bridgehead atoms. The van der Waals surface area contributed by atoms with Crippen molar-refractivity contribution in [3.8, 4) is 11.5 Å². The van der Waals surface area contributed by atoms with E-state index in [4.69, 9.17) is 9.47 Å². The molecular weight excluding hydrogens is 366 g/mol. The number of allylic oxidation sites excluding steroid dienone is 1. The number of hydrogen-bond donors (Lipinski definition) is 0. The number of benzene rings is 2. The van der Waals surface area contributed by atoms with Gasteiger partial charge in [0.05, 0.1) is 19.2 Å². The summed E-state index contributed by atoms with van der Waals surface area (Å²) in [6.45, 7) is 4.11. The number of para-hydroxylation sites is 1. The molecule has 0 saturated heterocycles. The molecule has 150 valence electrons. The smallest absolute Gasteiger partial charge is 0.260 e. The summed E-state index contributed by atoms with van der Waals surface area (Å²) in [5, 5.41) is 1.02. The van der Waals surface area contributed by atoms with Crippen LogP contribution in [0.3, 0.4) is 0 Å². The zero-order valence-electron chi connectivity index (χ0n) is 17.2. The largest absolute Gasteiger partial charge is 0.493 e. The third-order valence-corrected chi connectivity index (χ3v) is 4.54. The number of nitrogens with zero attached hydrogens (tertiary/aromatic N) is 3. The molecule has 0 N–H and O–H groups in total. The van der Waals surface area contributed by atoms with Gasteiger partial charge in [0, 0.05) is 18.1 Å². The van der Waals surface area contributed by atoms with Crippen molar-refractivity contribution in [3.63, 3.8) is 0 Å². The Labute approximate surface area is 170 Å². The molecular formula is C23H25N3O3. The predicted octanol–water partition coefficient (Wildman–Crippen LogP) is 4.02. The molecule has 0 spiro atoms. The van der Waals surface area contributed by atoms with Gasteiger partial charge < -0.3 is 14.4 Å². The van der Waals surface area contributed by atoms with E-state index in [0.29, 0.717) is 23.9 Å². The molecule has 0 aliphatic heterocycles. The van der Waals surface area contributed by atoms with Crippen molar-refractivity contribution in [1.29, 1.82) is 0 Å². The zero-order chi connectivity index (χ0) is 20.8. The standard InChI is InChI=1S/C23H25N3O3/c1-5-8-17-11-12-20(21(13-17)28-4)29-15-23(27)26(3)14-22-24-16(2)18-9-6-7-10-19(18)25-22/h5-13H,14-15H2,1-4H3/b8-5+. The maximum Gasteiger partial charge on any atom is 0.260 e. The molecule has 0 unspecified atom stereocenters. The topological polar surface area (TPSA) is 64.5 Å². The monoisotopic (exact) mass is 391 g/mol. The number of likely N-dealkylation sites (N-methyl/N-ethyl adjacent to an activating group) is 1. The van der Waals surface area contributed by atoms with Crippen LogP contribution in [0.2, 0.25) is 0 Å². The van der Waals surface area contributed by atoms with Crippen LogP contribution in [0.15, 0.2) is 48.5 Å². The van der Waals surface area contributed by atoms with Gasteiger partial charge in [0.2, 0.25) is 0 Å². The number of amides is 1. The van der Waals surface area contributed by atoms with Crippen LogP contribution >= 0.6 is 0 Å². The van der Waals surface area contributed by atoms with E-state index >= 15 is 0 Å². The normalized spacial score (nSPS) is 11.0. The van der Waals surface area contributed by atoms with Gasteiger partial charge in [0.1, 0.15) is 5.82 Å². The minimum absolute atomic E-state index is 0.0949. The molecule has 0 radical (unpaired) electrons. The van der Waals surface area contributed by atoms with E-state index in [1.807, 2.05) is 62.4 Å². The Morgan fingerprint density at radius 2 is 1.93 bits per heavy atom. The number of rotatable bonds is 7. The van der Waals surface area contributed by atoms with E-state index in [0.717, 1.165) is 22.2 Å². The Balaban J connectivity index is 1.65. The lowest BCUT2D eigenvalue weighted by Gasteiger charge is -2.18. The Kier molecular flexibility index (Phi) is 6.44. The third-order valence-electron chi connectivity index (χ3n) is 4.54. The number of aromatic nitrogens is 2. The summed E-state index contributed by atoms with van der Waals surface area (Å²) in [4.78, 5) is 23.2. The van der Waals surface area contributed by atoms with E-state index < -0.39 is 0 Å². The van der Waals surface area contributed by atoms with Gasteiger partial charge in [-0.2, -0.15) is 0 Å². The van der Waals surface area contributed by atoms with Crippen LogP contribution in [0, 0.1) is 6.92 Å². The number of methoxy groups -OCH3 is 1. The lowest BCUT2D eigenvalue weighted by atomic mass is 10.2. The number of carbonyl (C=O) groups excluding carboxylic acids is 1. The Hall–Kier alpha value is -3.41. The molecule has 1 heterocycles. The number of ether oxygens (including phenoxy) is 2. The highest BCUT2D eigenvalue weighted by Crippen LogP contribution is 2.28. The van der Waals surface area contributed by atoms with Crippen molar-refractivity contribution < 1.29 is 14.3 Å². The molecule has 3 aromatic rings. The fourth-order valence-corrected chi connectivity index (χ4v) is 3.02. The second-order valence-corrected chi connectivity index (χ2v) is 6.69. The molecule has 1 aromatic heterocycles. The van der Waals surface area contributed by atoms with Gasteiger partial charge in [-0.15, -0.1) is 0 Å². The van der Waals surface area contributed by atoms with Gasteiger partial charge in [-0.25, -0.2) is 9.97 Å². The highest BCUT2D eigenvalue weighted by Gasteiger charge is 2.14. The highest BCUT2D eigenvalue weighted by molar-refractivity contribution is 5.81. The molecule has 2 aromatic carbocycles. The third kappa shape index (κ3) is 4.90. The average Bonchev–Trinajstić information content (AvgIpc) is 2.72. The molecule has 6 heteroatoms. The quantitative estimate of drug-likeness (QED) is 0.609. The molecule has 29 heavy (non-hydrogen) atoms. The van der Waals surface area contributed by atoms with Crippen LogP contribution in [0.25, 0.3) is 17.0 Å². The first-order chi connectivity index (χ1) is 14.0. The van der Waals surface area contributed by atoms with Crippen LogP contribution in [0.4, 0.5) is 0 Å². The first-order valence-electron chi connectivity index (χ1n) is 9.41. The summed E-state index contributed by atoms with van der Waals surface area (Å²) in [5.41, 5.74) is 2.77. The Bertz CT molecular complexity index is 1050. The van der Waals surface area contributed by atoms with Crippen molar-refractivity contribution >= 4 is 22.9 Å². The molecule has 0 aliphatic rings. The SMILES string of the molecule is C/C=C/c1ccc(OCC(=O)N(C)Cc2nc(C)c3ccccc3n2)c(OC)c1. The fraction of sp³-hybridized carbons (Fsp3) is 0.261. The summed E-state index contributed by atoms with van der Waals surface area (Å²) in [5.74, 6) is 1.55. The van der Waals surface area contributed by atoms with E-state index in [1.54, 1.807) is 25.1 Å². The molecule has 3 rings (SSSR count). The maximum absolute atomic E-state index is 12.5. The maximum atomic E-state index is 12.5. The minimum Gasteiger partial charge on any atom is -0.493 e. The van der Waals surface area contributed by atoms with Crippen LogP contribution < -0.4 is 9.47 Å². The van der Waals surface area contributed by atoms with Gasteiger partial charge in [-0.05, 0) is 37.6 Å². The summed E-state index contributed by atoms with van der Waals surface area (Å²) in [6, 6.07) is 13.4. The van der Waals surface area contributed by atoms with Gasteiger partial charge >= 0.3 is 0 Å². The van der Waals surface area contributed by atoms with Crippen LogP contribution in [0.5, 0.6) is 11.5 Å². The number of hydrogen-bond acceptors (Lipinski definition) is 5. The summed E-state index contributed by atoms with van der Waals surface area (Å²) in [7, 11) is 3.29. The van der Waals surface area contributed by atoms with Crippen LogP contribution in [-0.4, -0.2) is 41.5 Å². The molecule has 6 nitrogen and oxygen atoms in total. The van der Waals surface area contributed by atoms with E-state index in [2.05, 4.69) is 9.97 Å². The van der Waals surface area contributed by atoms with Crippen LogP contribution in [-0.2, 0) is 11.3 Å². The van der Waals surface area contributed by atoms with E-state index in [9.17, 15) is 4.79 Å². The second-order valence-electron chi connectivity index (χ2n) is 6.69. The molecule has 0 atom stereocenters. The van der Waals surface area contributed by atoms with Crippen LogP contribution in [0.1, 0.15) is 24.0 Å². The highest BCUT2D eigenvalue weighted by atomic mass is 16.5. The summed E-state index contributed by atoms with van der Waals surface area (Å²) >= 11 is 0. The zero-order valence-corrected chi connectivity index (χ0v) is 17.2. The van der Waals surface area contributed by atoms with Crippen molar-refractivity contribution in [2.24, 2.45) is 0 Å². The molecule has 0 aliphatic carbocycles. The van der Waals surface area contributed by atoms with Gasteiger partial charge in [-0.1, -0.05) is 36.4 Å². The lowest BCUT2D eigenvalue weighted by Crippen LogP contribution is -2.31. The van der Waals surface area contributed by atoms with Crippen molar-refractivity contribution in [2.75, 3.05) is 20.8 Å². The first-order valence-corrected chi connectivity index (χ1v) is 9.41. The number of carbonyl (C=O) groups is 1. The second kappa shape index (κ2) is 9.19.